The molecule has 0 bridgehead atoms. The largest absolute Gasteiger partial charge is 0.476 e. The van der Waals surface area contributed by atoms with Crippen LogP contribution in [0.2, 0.25) is 0 Å². The van der Waals surface area contributed by atoms with Crippen LogP contribution >= 0.6 is 0 Å². The third-order valence-electron chi connectivity index (χ3n) is 3.89. The van der Waals surface area contributed by atoms with Crippen molar-refractivity contribution in [3.63, 3.8) is 0 Å². The fraction of sp³-hybridized carbons (Fsp3) is 0.769. The molecule has 5 nitrogen and oxygen atoms in total. The molecule has 0 spiro atoms. The molecule has 1 saturated heterocycles. The molecule has 3 rings (SSSR count). The number of fused-ring (bicyclic) bond motifs is 1. The van der Waals surface area contributed by atoms with Crippen LogP contribution in [0.3, 0.4) is 0 Å². The Morgan fingerprint density at radius 1 is 1.39 bits per heavy atom. The molecule has 0 amide bonds. The lowest BCUT2D eigenvalue weighted by atomic mass is 10.1. The van der Waals surface area contributed by atoms with Crippen molar-refractivity contribution in [3.8, 4) is 5.88 Å². The monoisotopic (exact) mass is 251 g/mol. The van der Waals surface area contributed by atoms with E-state index >= 15 is 0 Å². The molecule has 0 aromatic carbocycles. The molecule has 0 saturated carbocycles. The Labute approximate surface area is 108 Å². The van der Waals surface area contributed by atoms with Crippen LogP contribution in [0, 0.1) is 0 Å². The summed E-state index contributed by atoms with van der Waals surface area (Å²) in [5, 5.41) is 4.61. The highest BCUT2D eigenvalue weighted by atomic mass is 16.5. The van der Waals surface area contributed by atoms with E-state index in [1.807, 2.05) is 4.68 Å². The number of ether oxygens (including phenoxy) is 2. The average Bonchev–Trinajstić information content (AvgIpc) is 2.70. The van der Waals surface area contributed by atoms with E-state index in [1.54, 1.807) is 7.11 Å². The van der Waals surface area contributed by atoms with Crippen LogP contribution in [0.15, 0.2) is 6.07 Å². The zero-order chi connectivity index (χ0) is 12.7. The maximum atomic E-state index is 5.81. The van der Waals surface area contributed by atoms with Crippen molar-refractivity contribution >= 4 is 0 Å². The lowest BCUT2D eigenvalue weighted by Gasteiger charge is -2.44. The summed E-state index contributed by atoms with van der Waals surface area (Å²) in [5.74, 6) is 1.37. The normalized spacial score (nSPS) is 24.8. The Kier molecular flexibility index (Phi) is 3.03. The van der Waals surface area contributed by atoms with Gasteiger partial charge < -0.3 is 9.47 Å². The maximum Gasteiger partial charge on any atom is 0.212 e. The first kappa shape index (κ1) is 12.0. The summed E-state index contributed by atoms with van der Waals surface area (Å²) in [6.07, 6.45) is 0.398. The third kappa shape index (κ3) is 2.01. The molecule has 0 radical (unpaired) electrons. The fourth-order valence-corrected chi connectivity index (χ4v) is 2.52. The number of aromatic nitrogens is 2. The Hall–Kier alpha value is -1.07. The molecule has 5 heteroatoms. The minimum absolute atomic E-state index is 0.398. The topological polar surface area (TPSA) is 39.5 Å². The van der Waals surface area contributed by atoms with Gasteiger partial charge in [0.25, 0.3) is 0 Å². The number of nitrogens with zero attached hydrogens (tertiary/aromatic N) is 3. The van der Waals surface area contributed by atoms with Crippen LogP contribution in [-0.2, 0) is 11.3 Å². The highest BCUT2D eigenvalue weighted by Gasteiger charge is 2.35. The zero-order valence-corrected chi connectivity index (χ0v) is 11.3. The molecule has 0 unspecified atom stereocenters. The zero-order valence-electron chi connectivity index (χ0n) is 11.3. The summed E-state index contributed by atoms with van der Waals surface area (Å²) in [5.41, 5.74) is 1.11. The number of hydrogen-bond acceptors (Lipinski definition) is 4. The van der Waals surface area contributed by atoms with E-state index in [9.17, 15) is 0 Å². The number of likely N-dealkylation sites (tertiary alicyclic amines) is 1. The summed E-state index contributed by atoms with van der Waals surface area (Å²) in [6, 6.07) is 2.50. The Morgan fingerprint density at radius 3 is 2.83 bits per heavy atom. The minimum Gasteiger partial charge on any atom is -0.476 e. The highest BCUT2D eigenvalue weighted by molar-refractivity contribution is 5.20. The number of hydrogen-bond donors (Lipinski definition) is 0. The standard InChI is InChI=1S/C13H21N3O2/c1-9(2)12-4-13-16(14-12)5-10(8-18-13)15-6-11(7-15)17-3/h4,9-11H,5-8H2,1-3H3/t10-/m1/s1. The Balaban J connectivity index is 1.66. The smallest absolute Gasteiger partial charge is 0.212 e. The van der Waals surface area contributed by atoms with E-state index in [1.165, 1.54) is 0 Å². The van der Waals surface area contributed by atoms with E-state index < -0.39 is 0 Å². The molecule has 2 aliphatic rings. The molecule has 1 fully saturated rings. The first-order valence-electron chi connectivity index (χ1n) is 6.64. The van der Waals surface area contributed by atoms with E-state index in [0.29, 0.717) is 18.1 Å². The van der Waals surface area contributed by atoms with Crippen LogP contribution in [-0.4, -0.2) is 53.6 Å². The highest BCUT2D eigenvalue weighted by Crippen LogP contribution is 2.26. The van der Waals surface area contributed by atoms with Gasteiger partial charge in [0.05, 0.1) is 24.4 Å². The first-order chi connectivity index (χ1) is 8.67. The van der Waals surface area contributed by atoms with Gasteiger partial charge in [0.15, 0.2) is 0 Å². The van der Waals surface area contributed by atoms with Gasteiger partial charge in [0.1, 0.15) is 6.61 Å². The fourth-order valence-electron chi connectivity index (χ4n) is 2.52. The summed E-state index contributed by atoms with van der Waals surface area (Å²) in [7, 11) is 1.78. The molecule has 1 aromatic heterocycles. The van der Waals surface area contributed by atoms with Crippen molar-refractivity contribution in [2.45, 2.75) is 38.5 Å². The summed E-state index contributed by atoms with van der Waals surface area (Å²) >= 11 is 0. The second-order valence-corrected chi connectivity index (χ2v) is 5.52. The second-order valence-electron chi connectivity index (χ2n) is 5.52. The predicted octanol–water partition coefficient (Wildman–Crippen LogP) is 1.10. The second kappa shape index (κ2) is 4.55. The van der Waals surface area contributed by atoms with Crippen LogP contribution in [0.5, 0.6) is 5.88 Å². The Morgan fingerprint density at radius 2 is 2.17 bits per heavy atom. The van der Waals surface area contributed by atoms with Gasteiger partial charge in [-0.25, -0.2) is 4.68 Å². The molecule has 0 N–H and O–H groups in total. The summed E-state index contributed by atoms with van der Waals surface area (Å²) < 4.78 is 13.1. The van der Waals surface area contributed by atoms with Crippen LogP contribution < -0.4 is 4.74 Å². The van der Waals surface area contributed by atoms with E-state index in [2.05, 4.69) is 29.9 Å². The first-order valence-corrected chi connectivity index (χ1v) is 6.64. The van der Waals surface area contributed by atoms with Crippen LogP contribution in [0.1, 0.15) is 25.5 Å². The SMILES string of the molecule is COC1CN([C@H]2COc3cc(C(C)C)nn3C2)C1. The lowest BCUT2D eigenvalue weighted by molar-refractivity contribution is -0.0683. The maximum absolute atomic E-state index is 5.81. The molecule has 18 heavy (non-hydrogen) atoms. The summed E-state index contributed by atoms with van der Waals surface area (Å²) in [6.45, 7) is 8.03. The molecule has 0 aliphatic carbocycles. The predicted molar refractivity (Wildman–Crippen MR) is 68.0 cm³/mol. The van der Waals surface area contributed by atoms with Gasteiger partial charge in [-0.2, -0.15) is 5.10 Å². The average molecular weight is 251 g/mol. The van der Waals surface area contributed by atoms with E-state index in [4.69, 9.17) is 9.47 Å². The molecule has 100 valence electrons. The van der Waals surface area contributed by atoms with Gasteiger partial charge in [-0.3, -0.25) is 4.90 Å². The van der Waals surface area contributed by atoms with Crippen molar-refractivity contribution in [1.29, 1.82) is 0 Å². The van der Waals surface area contributed by atoms with Crippen molar-refractivity contribution in [3.05, 3.63) is 11.8 Å². The molecule has 2 aliphatic heterocycles. The quantitative estimate of drug-likeness (QED) is 0.806. The molecular formula is C13H21N3O2. The number of methoxy groups -OCH3 is 1. The van der Waals surface area contributed by atoms with Crippen molar-refractivity contribution in [2.75, 3.05) is 26.8 Å². The van der Waals surface area contributed by atoms with Crippen LogP contribution in [0.4, 0.5) is 0 Å². The van der Waals surface area contributed by atoms with Gasteiger partial charge in [-0.05, 0) is 5.92 Å². The minimum atomic E-state index is 0.398. The molecular weight excluding hydrogens is 230 g/mol. The number of rotatable bonds is 3. The van der Waals surface area contributed by atoms with Crippen LogP contribution in [0.25, 0.3) is 0 Å². The molecule has 3 heterocycles. The van der Waals surface area contributed by atoms with E-state index in [-0.39, 0.29) is 0 Å². The van der Waals surface area contributed by atoms with Gasteiger partial charge in [0, 0.05) is 26.3 Å². The van der Waals surface area contributed by atoms with Gasteiger partial charge >= 0.3 is 0 Å². The summed E-state index contributed by atoms with van der Waals surface area (Å²) in [4.78, 5) is 2.41. The van der Waals surface area contributed by atoms with Crippen molar-refractivity contribution in [2.24, 2.45) is 0 Å². The van der Waals surface area contributed by atoms with Gasteiger partial charge in [-0.15, -0.1) is 0 Å². The van der Waals surface area contributed by atoms with Crippen molar-refractivity contribution in [1.82, 2.24) is 14.7 Å². The van der Waals surface area contributed by atoms with Crippen molar-refractivity contribution < 1.29 is 9.47 Å². The van der Waals surface area contributed by atoms with Gasteiger partial charge in [-0.1, -0.05) is 13.8 Å². The molecule has 1 atom stereocenters. The lowest BCUT2D eigenvalue weighted by Crippen LogP contribution is -2.59. The third-order valence-corrected chi connectivity index (χ3v) is 3.89. The molecule has 1 aromatic rings. The Bertz CT molecular complexity index is 424. The van der Waals surface area contributed by atoms with E-state index in [0.717, 1.165) is 37.8 Å². The van der Waals surface area contributed by atoms with Gasteiger partial charge in [0.2, 0.25) is 5.88 Å².